The molecule has 1 unspecified atom stereocenters. The number of nitrogens with one attached hydrogen (secondary N) is 2. The Hall–Kier alpha value is -4.14. The Morgan fingerprint density at radius 3 is 2.31 bits per heavy atom. The van der Waals surface area contributed by atoms with Gasteiger partial charge in [-0.1, -0.05) is 55.5 Å². The van der Waals surface area contributed by atoms with E-state index in [0.717, 1.165) is 22.3 Å². The van der Waals surface area contributed by atoms with Gasteiger partial charge in [-0.25, -0.2) is 4.79 Å². The molecule has 9 nitrogen and oxygen atoms in total. The highest BCUT2D eigenvalue weighted by Gasteiger charge is 2.33. The number of rotatable bonds is 9. The molecule has 3 N–H and O–H groups in total. The molecule has 2 amide bonds. The van der Waals surface area contributed by atoms with Crippen molar-refractivity contribution >= 4 is 23.7 Å². The van der Waals surface area contributed by atoms with E-state index in [9.17, 15) is 14.4 Å². The number of hydrogen-bond donors (Lipinski definition) is 3. The zero-order chi connectivity index (χ0) is 25.0. The van der Waals surface area contributed by atoms with Crippen LogP contribution in [-0.2, 0) is 20.9 Å². The summed E-state index contributed by atoms with van der Waals surface area (Å²) in [5.41, 5.74) is 4.04. The molecule has 0 aliphatic heterocycles. The van der Waals surface area contributed by atoms with Gasteiger partial charge in [-0.05, 0) is 35.6 Å². The van der Waals surface area contributed by atoms with E-state index in [0.29, 0.717) is 12.1 Å². The maximum absolute atomic E-state index is 12.9. The number of fused-ring (bicyclic) bond motifs is 3. The predicted molar refractivity (Wildman–Crippen MR) is 130 cm³/mol. The first kappa shape index (κ1) is 24.0. The minimum Gasteiger partial charge on any atom is -0.480 e. The Bertz CT molecular complexity index is 1210. The van der Waals surface area contributed by atoms with Gasteiger partial charge >= 0.3 is 12.1 Å². The van der Waals surface area contributed by atoms with Gasteiger partial charge < -0.3 is 20.5 Å². The van der Waals surface area contributed by atoms with E-state index in [1.807, 2.05) is 31.2 Å². The van der Waals surface area contributed by atoms with Crippen molar-refractivity contribution < 1.29 is 24.2 Å². The Labute approximate surface area is 203 Å². The van der Waals surface area contributed by atoms with Gasteiger partial charge in [-0.3, -0.25) is 14.3 Å². The number of carboxylic acids is 1. The number of anilines is 1. The van der Waals surface area contributed by atoms with Crippen LogP contribution in [0.5, 0.6) is 0 Å². The number of amides is 2. The van der Waals surface area contributed by atoms with Gasteiger partial charge in [-0.15, -0.1) is 0 Å². The Kier molecular flexibility index (Phi) is 6.86. The Morgan fingerprint density at radius 1 is 1.09 bits per heavy atom. The fraction of sp³-hybridized carbons (Fsp3) is 0.308. The highest BCUT2D eigenvalue weighted by atomic mass is 16.5. The van der Waals surface area contributed by atoms with Crippen molar-refractivity contribution in [1.29, 1.82) is 0 Å². The van der Waals surface area contributed by atoms with Crippen molar-refractivity contribution in [2.75, 3.05) is 18.5 Å². The topological polar surface area (TPSA) is 123 Å². The molecule has 35 heavy (non-hydrogen) atoms. The van der Waals surface area contributed by atoms with Crippen LogP contribution in [0, 0.1) is 5.41 Å². The second-order valence-corrected chi connectivity index (χ2v) is 8.87. The molecule has 0 fully saturated rings. The number of hydrogen-bond acceptors (Lipinski definition) is 5. The number of carboxylic acid groups (broad SMARTS) is 1. The van der Waals surface area contributed by atoms with Gasteiger partial charge in [0.15, 0.2) is 0 Å². The minimum atomic E-state index is -1.03. The first-order valence-electron chi connectivity index (χ1n) is 11.5. The van der Waals surface area contributed by atoms with E-state index < -0.39 is 17.5 Å². The Morgan fingerprint density at radius 2 is 1.71 bits per heavy atom. The largest absolute Gasteiger partial charge is 0.480 e. The average molecular weight is 477 g/mol. The van der Waals surface area contributed by atoms with E-state index in [1.54, 1.807) is 6.92 Å². The van der Waals surface area contributed by atoms with Crippen LogP contribution >= 0.6 is 0 Å². The monoisotopic (exact) mass is 476 g/mol. The summed E-state index contributed by atoms with van der Waals surface area (Å²) in [7, 11) is 0. The molecule has 9 heteroatoms. The van der Waals surface area contributed by atoms with Crippen LogP contribution in [0.15, 0.2) is 60.9 Å². The first-order valence-corrected chi connectivity index (χ1v) is 11.5. The van der Waals surface area contributed by atoms with Crippen molar-refractivity contribution in [2.24, 2.45) is 5.41 Å². The third-order valence-corrected chi connectivity index (χ3v) is 6.48. The van der Waals surface area contributed by atoms with Crippen LogP contribution in [0.1, 0.15) is 37.3 Å². The molecule has 0 bridgehead atoms. The standard InChI is InChI=1S/C26H28N4O5/c1-3-26(2,24(33)29-17-12-28-30(13-17)14-23(31)32)16-27-25(34)35-15-22-20-10-6-4-8-18(20)19-9-5-7-11-21(19)22/h4-13,22H,3,14-16H2,1-2H3,(H,27,34)(H,29,33)(H,31,32). The number of alkyl carbamates (subject to hydrolysis) is 1. The van der Waals surface area contributed by atoms with Gasteiger partial charge in [0.25, 0.3) is 0 Å². The molecule has 1 heterocycles. The van der Waals surface area contributed by atoms with E-state index >= 15 is 0 Å². The fourth-order valence-electron chi connectivity index (χ4n) is 4.22. The summed E-state index contributed by atoms with van der Waals surface area (Å²) >= 11 is 0. The second kappa shape index (κ2) is 10.0. The van der Waals surface area contributed by atoms with Crippen molar-refractivity contribution in [3.63, 3.8) is 0 Å². The lowest BCUT2D eigenvalue weighted by molar-refractivity contribution is -0.137. The molecule has 4 rings (SSSR count). The molecule has 1 aliphatic carbocycles. The third kappa shape index (κ3) is 5.18. The first-order chi connectivity index (χ1) is 16.8. The molecule has 1 aromatic heterocycles. The van der Waals surface area contributed by atoms with Crippen LogP contribution < -0.4 is 10.6 Å². The summed E-state index contributed by atoms with van der Waals surface area (Å²) in [6, 6.07) is 16.2. The van der Waals surface area contributed by atoms with Gasteiger partial charge in [0, 0.05) is 18.7 Å². The van der Waals surface area contributed by atoms with Crippen LogP contribution in [0.25, 0.3) is 11.1 Å². The zero-order valence-electron chi connectivity index (χ0n) is 19.7. The molecular formula is C26H28N4O5. The van der Waals surface area contributed by atoms with Crippen LogP contribution in [0.4, 0.5) is 10.5 Å². The average Bonchev–Trinajstić information content (AvgIpc) is 3.42. The predicted octanol–water partition coefficient (Wildman–Crippen LogP) is 3.86. The second-order valence-electron chi connectivity index (χ2n) is 8.87. The number of nitrogens with zero attached hydrogens (tertiary/aromatic N) is 2. The maximum atomic E-state index is 12.9. The van der Waals surface area contributed by atoms with E-state index in [1.165, 1.54) is 17.1 Å². The van der Waals surface area contributed by atoms with Gasteiger partial charge in [0.2, 0.25) is 5.91 Å². The lowest BCUT2D eigenvalue weighted by atomic mass is 9.86. The maximum Gasteiger partial charge on any atom is 0.407 e. The Balaban J connectivity index is 1.34. The zero-order valence-corrected chi connectivity index (χ0v) is 19.7. The molecule has 2 aromatic carbocycles. The van der Waals surface area contributed by atoms with Crippen LogP contribution in [0.2, 0.25) is 0 Å². The van der Waals surface area contributed by atoms with E-state index in [-0.39, 0.29) is 31.5 Å². The summed E-state index contributed by atoms with van der Waals surface area (Å²) in [4.78, 5) is 36.2. The van der Waals surface area contributed by atoms with Crippen molar-refractivity contribution in [3.05, 3.63) is 72.1 Å². The summed E-state index contributed by atoms with van der Waals surface area (Å²) in [6.07, 6.45) is 2.71. The lowest BCUT2D eigenvalue weighted by Gasteiger charge is -2.27. The van der Waals surface area contributed by atoms with Gasteiger partial charge in [-0.2, -0.15) is 5.10 Å². The van der Waals surface area contributed by atoms with Gasteiger partial charge in [0.1, 0.15) is 13.2 Å². The SMILES string of the molecule is CCC(C)(CNC(=O)OCC1c2ccccc2-c2ccccc21)C(=O)Nc1cnn(CC(=O)O)c1. The number of aromatic nitrogens is 2. The molecule has 0 saturated carbocycles. The van der Waals surface area contributed by atoms with Crippen LogP contribution in [-0.4, -0.2) is 46.0 Å². The molecule has 0 radical (unpaired) electrons. The van der Waals surface area contributed by atoms with E-state index in [2.05, 4.69) is 40.0 Å². The molecule has 182 valence electrons. The van der Waals surface area contributed by atoms with Crippen molar-refractivity contribution in [1.82, 2.24) is 15.1 Å². The summed E-state index contributed by atoms with van der Waals surface area (Å²) in [6.45, 7) is 3.57. The number of benzene rings is 2. The smallest absolute Gasteiger partial charge is 0.407 e. The summed E-state index contributed by atoms with van der Waals surface area (Å²) < 4.78 is 6.79. The van der Waals surface area contributed by atoms with Gasteiger partial charge in [0.05, 0.1) is 17.3 Å². The minimum absolute atomic E-state index is 0.0450. The van der Waals surface area contributed by atoms with Crippen LogP contribution in [0.3, 0.4) is 0 Å². The molecule has 3 aromatic rings. The van der Waals surface area contributed by atoms with Crippen molar-refractivity contribution in [2.45, 2.75) is 32.7 Å². The molecule has 1 atom stereocenters. The molecule has 1 aliphatic rings. The highest BCUT2D eigenvalue weighted by Crippen LogP contribution is 2.44. The van der Waals surface area contributed by atoms with Crippen molar-refractivity contribution in [3.8, 4) is 11.1 Å². The molecule has 0 saturated heterocycles. The quantitative estimate of drug-likeness (QED) is 0.431. The summed E-state index contributed by atoms with van der Waals surface area (Å²) in [5.74, 6) is -1.39. The third-order valence-electron chi connectivity index (χ3n) is 6.48. The van der Waals surface area contributed by atoms with E-state index in [4.69, 9.17) is 9.84 Å². The molecule has 0 spiro atoms. The number of carbonyl (C=O) groups is 3. The summed E-state index contributed by atoms with van der Waals surface area (Å²) in [5, 5.41) is 18.2. The fourth-order valence-corrected chi connectivity index (χ4v) is 4.22. The number of ether oxygens (including phenoxy) is 1. The number of aliphatic carboxylic acids is 1. The highest BCUT2D eigenvalue weighted by molar-refractivity contribution is 5.95. The lowest BCUT2D eigenvalue weighted by Crippen LogP contribution is -2.43. The normalized spacial score (nSPS) is 13.9. The molecular weight excluding hydrogens is 448 g/mol. The number of carbonyl (C=O) groups excluding carboxylic acids is 2.